The zero-order valence-electron chi connectivity index (χ0n) is 7.90. The molecule has 1 saturated carbocycles. The Morgan fingerprint density at radius 2 is 2.36 bits per heavy atom. The maximum Gasteiger partial charge on any atom is 0.246 e. The minimum absolute atomic E-state index is 0.283. The van der Waals surface area contributed by atoms with Crippen LogP contribution in [-0.2, 0) is 5.54 Å². The standard InChI is InChI=1S/C9H13N3OS/c10-9(3-4-9)8-11-7(12-13-8)6-2-1-5-14-6/h6H,1-5,10H2. The van der Waals surface area contributed by atoms with Crippen LogP contribution < -0.4 is 5.73 Å². The van der Waals surface area contributed by atoms with E-state index in [1.54, 1.807) is 0 Å². The topological polar surface area (TPSA) is 64.9 Å². The lowest BCUT2D eigenvalue weighted by Gasteiger charge is -2.00. The monoisotopic (exact) mass is 211 g/mol. The molecule has 1 saturated heterocycles. The van der Waals surface area contributed by atoms with Gasteiger partial charge in [0.1, 0.15) is 0 Å². The van der Waals surface area contributed by atoms with Crippen molar-refractivity contribution in [2.24, 2.45) is 5.73 Å². The number of aromatic nitrogens is 2. The van der Waals surface area contributed by atoms with Crippen LogP contribution in [0.1, 0.15) is 42.6 Å². The Hall–Kier alpha value is -0.550. The van der Waals surface area contributed by atoms with Crippen LogP contribution >= 0.6 is 11.8 Å². The lowest BCUT2D eigenvalue weighted by atomic mass is 10.2. The molecule has 2 N–H and O–H groups in total. The van der Waals surface area contributed by atoms with Crippen LogP contribution in [0.2, 0.25) is 0 Å². The number of hydrogen-bond acceptors (Lipinski definition) is 5. The van der Waals surface area contributed by atoms with Crippen molar-refractivity contribution in [2.45, 2.75) is 36.5 Å². The molecule has 2 heterocycles. The zero-order valence-corrected chi connectivity index (χ0v) is 8.72. The highest BCUT2D eigenvalue weighted by Gasteiger charge is 2.46. The van der Waals surface area contributed by atoms with Crippen LogP contribution in [0.4, 0.5) is 0 Å². The van der Waals surface area contributed by atoms with E-state index < -0.39 is 0 Å². The summed E-state index contributed by atoms with van der Waals surface area (Å²) in [6, 6.07) is 0. The van der Waals surface area contributed by atoms with Gasteiger partial charge in [0, 0.05) is 0 Å². The van der Waals surface area contributed by atoms with Crippen LogP contribution in [0.3, 0.4) is 0 Å². The van der Waals surface area contributed by atoms with Crippen molar-refractivity contribution in [2.75, 3.05) is 5.75 Å². The first-order valence-electron chi connectivity index (χ1n) is 5.02. The molecule has 0 bridgehead atoms. The average Bonchev–Trinajstić information content (AvgIpc) is 2.73. The molecule has 0 spiro atoms. The highest BCUT2D eigenvalue weighted by atomic mass is 32.2. The summed E-state index contributed by atoms with van der Waals surface area (Å²) in [6.45, 7) is 0. The summed E-state index contributed by atoms with van der Waals surface area (Å²) >= 11 is 1.91. The SMILES string of the molecule is NC1(c2nc(C3CCCS3)no2)CC1. The molecule has 2 aliphatic rings. The average molecular weight is 211 g/mol. The second-order valence-electron chi connectivity index (χ2n) is 4.12. The maximum absolute atomic E-state index is 5.98. The van der Waals surface area contributed by atoms with Crippen LogP contribution in [0.5, 0.6) is 0 Å². The molecule has 0 radical (unpaired) electrons. The van der Waals surface area contributed by atoms with Gasteiger partial charge in [-0.1, -0.05) is 5.16 Å². The minimum Gasteiger partial charge on any atom is -0.337 e. The number of hydrogen-bond donors (Lipinski definition) is 1. The van der Waals surface area contributed by atoms with Crippen molar-refractivity contribution in [3.05, 3.63) is 11.7 Å². The summed E-state index contributed by atoms with van der Waals surface area (Å²) in [5.74, 6) is 2.70. The summed E-state index contributed by atoms with van der Waals surface area (Å²) in [4.78, 5) is 4.40. The fourth-order valence-electron chi connectivity index (χ4n) is 1.70. The Bertz CT molecular complexity index is 342. The predicted octanol–water partition coefficient (Wildman–Crippen LogP) is 1.59. The number of thioether (sulfide) groups is 1. The third-order valence-corrected chi connectivity index (χ3v) is 4.25. The molecule has 5 heteroatoms. The van der Waals surface area contributed by atoms with Crippen molar-refractivity contribution < 1.29 is 4.52 Å². The fraction of sp³-hybridized carbons (Fsp3) is 0.778. The molecular weight excluding hydrogens is 198 g/mol. The van der Waals surface area contributed by atoms with Crippen LogP contribution in [0.25, 0.3) is 0 Å². The molecule has 1 atom stereocenters. The quantitative estimate of drug-likeness (QED) is 0.804. The molecule has 1 aromatic rings. The molecule has 14 heavy (non-hydrogen) atoms. The highest BCUT2D eigenvalue weighted by Crippen LogP contribution is 2.43. The van der Waals surface area contributed by atoms with E-state index in [4.69, 9.17) is 10.3 Å². The Kier molecular flexibility index (Phi) is 1.85. The third-order valence-electron chi connectivity index (χ3n) is 2.87. The van der Waals surface area contributed by atoms with Crippen molar-refractivity contribution in [3.8, 4) is 0 Å². The molecule has 0 amide bonds. The first-order chi connectivity index (χ1) is 6.78. The van der Waals surface area contributed by atoms with Gasteiger partial charge in [-0.15, -0.1) is 0 Å². The minimum atomic E-state index is -0.283. The normalized spacial score (nSPS) is 29.4. The van der Waals surface area contributed by atoms with E-state index in [2.05, 4.69) is 10.1 Å². The Morgan fingerprint density at radius 1 is 1.50 bits per heavy atom. The van der Waals surface area contributed by atoms with Gasteiger partial charge in [-0.2, -0.15) is 16.7 Å². The van der Waals surface area contributed by atoms with E-state index in [1.807, 2.05) is 11.8 Å². The zero-order chi connectivity index (χ0) is 9.60. The largest absolute Gasteiger partial charge is 0.337 e. The second kappa shape index (κ2) is 2.97. The fourth-order valence-corrected chi connectivity index (χ4v) is 2.89. The molecule has 1 aliphatic carbocycles. The summed E-state index contributed by atoms with van der Waals surface area (Å²) in [6.07, 6.45) is 4.38. The summed E-state index contributed by atoms with van der Waals surface area (Å²) in [7, 11) is 0. The van der Waals surface area contributed by atoms with Gasteiger partial charge in [0.25, 0.3) is 0 Å². The van der Waals surface area contributed by atoms with Gasteiger partial charge in [0.15, 0.2) is 5.82 Å². The predicted molar refractivity (Wildman–Crippen MR) is 53.8 cm³/mol. The van der Waals surface area contributed by atoms with E-state index in [0.29, 0.717) is 11.1 Å². The summed E-state index contributed by atoms with van der Waals surface area (Å²) in [5, 5.41) is 4.46. The molecule has 0 aromatic carbocycles. The van der Waals surface area contributed by atoms with Gasteiger partial charge >= 0.3 is 0 Å². The third kappa shape index (κ3) is 1.35. The number of rotatable bonds is 2. The maximum atomic E-state index is 5.98. The number of nitrogens with zero attached hydrogens (tertiary/aromatic N) is 2. The van der Waals surface area contributed by atoms with E-state index in [9.17, 15) is 0 Å². The van der Waals surface area contributed by atoms with Crippen molar-refractivity contribution in [1.82, 2.24) is 10.1 Å². The Morgan fingerprint density at radius 3 is 3.00 bits per heavy atom. The van der Waals surface area contributed by atoms with E-state index in [0.717, 1.165) is 18.7 Å². The molecule has 76 valence electrons. The second-order valence-corrected chi connectivity index (χ2v) is 5.43. The van der Waals surface area contributed by atoms with Gasteiger partial charge in [0.05, 0.1) is 10.8 Å². The van der Waals surface area contributed by atoms with Crippen LogP contribution in [0.15, 0.2) is 4.52 Å². The molecule has 1 unspecified atom stereocenters. The first kappa shape index (κ1) is 8.73. The molecular formula is C9H13N3OS. The van der Waals surface area contributed by atoms with Crippen LogP contribution in [0, 0.1) is 0 Å². The van der Waals surface area contributed by atoms with Crippen LogP contribution in [-0.4, -0.2) is 15.9 Å². The first-order valence-corrected chi connectivity index (χ1v) is 6.07. The lowest BCUT2D eigenvalue weighted by molar-refractivity contribution is 0.344. The molecule has 1 aromatic heterocycles. The molecule has 4 nitrogen and oxygen atoms in total. The molecule has 3 rings (SSSR count). The van der Waals surface area contributed by atoms with E-state index in [-0.39, 0.29) is 5.54 Å². The van der Waals surface area contributed by atoms with Gasteiger partial charge in [0.2, 0.25) is 5.89 Å². The van der Waals surface area contributed by atoms with Crippen molar-refractivity contribution in [3.63, 3.8) is 0 Å². The van der Waals surface area contributed by atoms with Gasteiger partial charge in [-0.3, -0.25) is 0 Å². The Balaban J connectivity index is 1.82. The lowest BCUT2D eigenvalue weighted by Crippen LogP contribution is -2.19. The van der Waals surface area contributed by atoms with Gasteiger partial charge in [-0.25, -0.2) is 0 Å². The van der Waals surface area contributed by atoms with Gasteiger partial charge < -0.3 is 10.3 Å². The van der Waals surface area contributed by atoms with Crippen molar-refractivity contribution in [1.29, 1.82) is 0 Å². The van der Waals surface area contributed by atoms with E-state index >= 15 is 0 Å². The smallest absolute Gasteiger partial charge is 0.246 e. The molecule has 1 aliphatic heterocycles. The summed E-state index contributed by atoms with van der Waals surface area (Å²) < 4.78 is 5.20. The Labute approximate surface area is 86.6 Å². The van der Waals surface area contributed by atoms with Crippen molar-refractivity contribution >= 4 is 11.8 Å². The van der Waals surface area contributed by atoms with E-state index in [1.165, 1.54) is 18.6 Å². The molecule has 2 fully saturated rings. The highest BCUT2D eigenvalue weighted by molar-refractivity contribution is 7.99. The van der Waals surface area contributed by atoms with Gasteiger partial charge in [-0.05, 0) is 31.4 Å². The number of nitrogens with two attached hydrogens (primary N) is 1. The summed E-state index contributed by atoms with van der Waals surface area (Å²) in [5.41, 5.74) is 5.69.